The monoisotopic (exact) mass is 161 g/mol. The summed E-state index contributed by atoms with van der Waals surface area (Å²) < 4.78 is 0. The molecule has 0 bridgehead atoms. The van der Waals surface area contributed by atoms with Crippen LogP contribution >= 0.6 is 0 Å². The molecule has 1 heterocycles. The van der Waals surface area contributed by atoms with Crippen LogP contribution in [0.3, 0.4) is 0 Å². The van der Waals surface area contributed by atoms with Gasteiger partial charge in [-0.05, 0) is 10.4 Å². The van der Waals surface area contributed by atoms with Crippen LogP contribution in [-0.4, -0.2) is 11.8 Å². The number of rotatable bonds is 1. The van der Waals surface area contributed by atoms with Gasteiger partial charge in [-0.3, -0.25) is 11.6 Å². The largest absolute Gasteiger partial charge is 0.544 e. The molecule has 0 aromatic carbocycles. The molecular formula is C2H7N7O2. The zero-order chi connectivity index (χ0) is 8.91. The number of carboxylic acid groups (broad SMARTS) is 1. The molecular weight excluding hydrogens is 154 g/mol. The van der Waals surface area contributed by atoms with Crippen LogP contribution in [0.5, 0.6) is 0 Å². The number of carboxylic acids is 1. The van der Waals surface area contributed by atoms with E-state index in [1.807, 2.05) is 0 Å². The SMILES string of the molecule is NC1(C(=O)[O-])N=NN=N1.N[NH3+]. The van der Waals surface area contributed by atoms with Gasteiger partial charge in [0.2, 0.25) is 0 Å². The summed E-state index contributed by atoms with van der Waals surface area (Å²) >= 11 is 0. The third-order valence-corrected chi connectivity index (χ3v) is 0.735. The molecule has 0 spiro atoms. The molecule has 1 aliphatic heterocycles. The Balaban J connectivity index is 0.000000461. The van der Waals surface area contributed by atoms with Gasteiger partial charge < -0.3 is 9.90 Å². The van der Waals surface area contributed by atoms with Crippen molar-refractivity contribution in [2.45, 2.75) is 5.79 Å². The van der Waals surface area contributed by atoms with E-state index in [0.29, 0.717) is 0 Å². The Morgan fingerprint density at radius 2 is 1.73 bits per heavy atom. The van der Waals surface area contributed by atoms with E-state index in [9.17, 15) is 9.90 Å². The summed E-state index contributed by atoms with van der Waals surface area (Å²) in [5, 5.41) is 21.7. The molecule has 0 atom stereocenters. The van der Waals surface area contributed by atoms with Gasteiger partial charge in [0.1, 0.15) is 5.97 Å². The molecule has 0 amide bonds. The average Bonchev–Trinajstić information content (AvgIpc) is 2.42. The van der Waals surface area contributed by atoms with Crippen molar-refractivity contribution < 1.29 is 15.7 Å². The number of carbonyl (C=O) groups is 1. The lowest BCUT2D eigenvalue weighted by Crippen LogP contribution is -2.59. The van der Waals surface area contributed by atoms with Crippen molar-refractivity contribution in [3.05, 3.63) is 0 Å². The molecule has 7 N–H and O–H groups in total. The molecule has 0 saturated carbocycles. The van der Waals surface area contributed by atoms with E-state index in [1.54, 1.807) is 0 Å². The second-order valence-electron chi connectivity index (χ2n) is 1.39. The molecule has 0 saturated heterocycles. The summed E-state index contributed by atoms with van der Waals surface area (Å²) in [6.07, 6.45) is 0. The zero-order valence-electron chi connectivity index (χ0n) is 5.47. The van der Waals surface area contributed by atoms with Gasteiger partial charge >= 0.3 is 0 Å². The lowest BCUT2D eigenvalue weighted by atomic mass is 10.4. The standard InChI is InChI=1S/C2H3N5O2.H4N2/c3-2(1(8)9)4-6-7-5-2;1-2/h3H2,(H,8,9);1-2H2. The van der Waals surface area contributed by atoms with Crippen LogP contribution in [0.2, 0.25) is 0 Å². The molecule has 0 fully saturated rings. The molecule has 0 radical (unpaired) electrons. The van der Waals surface area contributed by atoms with Gasteiger partial charge in [0.15, 0.2) is 0 Å². The molecule has 62 valence electrons. The van der Waals surface area contributed by atoms with Crippen molar-refractivity contribution in [3.63, 3.8) is 0 Å². The molecule has 0 aromatic heterocycles. The van der Waals surface area contributed by atoms with Crippen LogP contribution in [0.15, 0.2) is 20.7 Å². The minimum atomic E-state index is -2.08. The van der Waals surface area contributed by atoms with Gasteiger partial charge in [-0.1, -0.05) is 0 Å². The van der Waals surface area contributed by atoms with E-state index < -0.39 is 11.8 Å². The molecule has 0 aromatic rings. The van der Waals surface area contributed by atoms with Crippen LogP contribution < -0.4 is 22.5 Å². The highest BCUT2D eigenvalue weighted by Gasteiger charge is 2.28. The highest BCUT2D eigenvalue weighted by atomic mass is 16.4. The Hall–Kier alpha value is -1.45. The topological polar surface area (TPSA) is 169 Å². The summed E-state index contributed by atoms with van der Waals surface area (Å²) in [6.45, 7) is 0. The van der Waals surface area contributed by atoms with Crippen LogP contribution in [0.1, 0.15) is 0 Å². The minimum absolute atomic E-state index is 1.62. The number of hydrogen-bond donors (Lipinski definition) is 3. The quantitative estimate of drug-likeness (QED) is 0.265. The molecule has 1 rings (SSSR count). The Bertz CT molecular complexity index is 185. The first kappa shape index (κ1) is 9.55. The number of aliphatic carboxylic acids is 1. The van der Waals surface area contributed by atoms with Gasteiger partial charge in [-0.15, -0.1) is 10.2 Å². The zero-order valence-corrected chi connectivity index (χ0v) is 5.47. The number of hydrogen-bond acceptors (Lipinski definition) is 8. The van der Waals surface area contributed by atoms with Crippen LogP contribution in [0, 0.1) is 0 Å². The average molecular weight is 161 g/mol. The second-order valence-corrected chi connectivity index (χ2v) is 1.39. The van der Waals surface area contributed by atoms with E-state index in [1.165, 1.54) is 0 Å². The highest BCUT2D eigenvalue weighted by molar-refractivity contribution is 5.75. The van der Waals surface area contributed by atoms with E-state index in [0.717, 1.165) is 0 Å². The summed E-state index contributed by atoms with van der Waals surface area (Å²) in [5.41, 5.74) is 4.92. The summed E-state index contributed by atoms with van der Waals surface area (Å²) in [7, 11) is 0. The van der Waals surface area contributed by atoms with Crippen molar-refractivity contribution in [3.8, 4) is 0 Å². The van der Waals surface area contributed by atoms with E-state index in [2.05, 4.69) is 32.4 Å². The maximum absolute atomic E-state index is 9.98. The summed E-state index contributed by atoms with van der Waals surface area (Å²) in [6, 6.07) is 0. The summed E-state index contributed by atoms with van der Waals surface area (Å²) in [4.78, 5) is 9.98. The van der Waals surface area contributed by atoms with Gasteiger partial charge in [0.05, 0.1) is 0 Å². The van der Waals surface area contributed by atoms with Crippen LogP contribution in [-0.2, 0) is 4.79 Å². The fraction of sp³-hybridized carbons (Fsp3) is 0.500. The van der Waals surface area contributed by atoms with Crippen molar-refractivity contribution >= 4 is 5.97 Å². The Morgan fingerprint density at radius 1 is 1.36 bits per heavy atom. The van der Waals surface area contributed by atoms with Gasteiger partial charge in [0, 0.05) is 0 Å². The first-order valence-corrected chi connectivity index (χ1v) is 2.40. The minimum Gasteiger partial charge on any atom is -0.544 e. The maximum atomic E-state index is 9.98. The van der Waals surface area contributed by atoms with E-state index in [4.69, 9.17) is 5.73 Å². The Kier molecular flexibility index (Phi) is 3.17. The normalized spacial score (nSPS) is 17.4. The van der Waals surface area contributed by atoms with Crippen LogP contribution in [0.25, 0.3) is 0 Å². The number of carbonyl (C=O) groups excluding carboxylic acids is 1. The highest BCUT2D eigenvalue weighted by Crippen LogP contribution is 2.11. The Labute approximate surface area is 60.9 Å². The van der Waals surface area contributed by atoms with E-state index in [-0.39, 0.29) is 0 Å². The smallest absolute Gasteiger partial charge is 0.285 e. The fourth-order valence-electron chi connectivity index (χ4n) is 0.278. The molecule has 11 heavy (non-hydrogen) atoms. The summed E-state index contributed by atoms with van der Waals surface area (Å²) in [5.74, 6) is 3.30. The number of quaternary nitrogens is 1. The van der Waals surface area contributed by atoms with E-state index >= 15 is 0 Å². The van der Waals surface area contributed by atoms with Crippen molar-refractivity contribution in [2.24, 2.45) is 32.3 Å². The molecule has 9 nitrogen and oxygen atoms in total. The van der Waals surface area contributed by atoms with Crippen molar-refractivity contribution in [2.75, 3.05) is 0 Å². The lowest BCUT2D eigenvalue weighted by Gasteiger charge is -2.12. The Morgan fingerprint density at radius 3 is 1.91 bits per heavy atom. The molecule has 9 heteroatoms. The predicted molar refractivity (Wildman–Crippen MR) is 28.7 cm³/mol. The first-order chi connectivity index (χ1) is 5.15. The second kappa shape index (κ2) is 3.65. The predicted octanol–water partition coefficient (Wildman–Crippen LogP) is -3.72. The van der Waals surface area contributed by atoms with Gasteiger partial charge in [-0.2, -0.15) is 5.84 Å². The molecule has 0 aliphatic carbocycles. The third kappa shape index (κ3) is 2.00. The number of nitrogens with two attached hydrogens (primary N) is 2. The molecule has 0 unspecified atom stereocenters. The molecule has 1 aliphatic rings. The maximum Gasteiger partial charge on any atom is 0.285 e. The lowest BCUT2D eigenvalue weighted by molar-refractivity contribution is -0.379. The fourth-order valence-corrected chi connectivity index (χ4v) is 0.278. The first-order valence-electron chi connectivity index (χ1n) is 2.40. The van der Waals surface area contributed by atoms with Crippen LogP contribution in [0.4, 0.5) is 0 Å². The number of nitrogens with zero attached hydrogens (tertiary/aromatic N) is 4. The van der Waals surface area contributed by atoms with Crippen molar-refractivity contribution in [1.82, 2.24) is 0 Å². The van der Waals surface area contributed by atoms with Gasteiger partial charge in [0.25, 0.3) is 5.79 Å². The van der Waals surface area contributed by atoms with Crippen molar-refractivity contribution in [1.29, 1.82) is 0 Å². The third-order valence-electron chi connectivity index (χ3n) is 0.735. The van der Waals surface area contributed by atoms with Gasteiger partial charge in [-0.25, -0.2) is 0 Å².